The third kappa shape index (κ3) is 7.27. The highest BCUT2D eigenvalue weighted by atomic mass is 32.2. The predicted octanol–water partition coefficient (Wildman–Crippen LogP) is 2.82. The van der Waals surface area contributed by atoms with Crippen molar-refractivity contribution in [3.63, 3.8) is 0 Å². The average Bonchev–Trinajstić information content (AvgIpc) is 2.77. The summed E-state index contributed by atoms with van der Waals surface area (Å²) < 4.78 is 25.7. The number of hydrogen-bond acceptors (Lipinski definition) is 5. The number of benzene rings is 2. The van der Waals surface area contributed by atoms with Crippen LogP contribution >= 0.6 is 12.2 Å². The molecule has 0 radical (unpaired) electrons. The van der Waals surface area contributed by atoms with Crippen LogP contribution in [0.25, 0.3) is 0 Å². The summed E-state index contributed by atoms with van der Waals surface area (Å²) in [5, 5.41) is 9.25. The molecule has 0 saturated carbocycles. The Morgan fingerprint density at radius 1 is 0.969 bits per heavy atom. The fourth-order valence-corrected chi connectivity index (χ4v) is 4.10. The quantitative estimate of drug-likeness (QED) is 0.453. The van der Waals surface area contributed by atoms with E-state index in [-0.39, 0.29) is 10.8 Å². The van der Waals surface area contributed by atoms with E-state index in [1.807, 2.05) is 0 Å². The number of nitrogens with zero attached hydrogens (tertiary/aromatic N) is 2. The molecule has 1 amide bonds. The first-order valence-corrected chi connectivity index (χ1v) is 12.2. The second kappa shape index (κ2) is 11.9. The molecule has 0 aliphatic rings. The maximum atomic E-state index is 12.3. The molecule has 2 aromatic carbocycles. The van der Waals surface area contributed by atoms with Gasteiger partial charge in [-0.2, -0.15) is 0 Å². The van der Waals surface area contributed by atoms with Gasteiger partial charge in [-0.25, -0.2) is 12.7 Å². The summed E-state index contributed by atoms with van der Waals surface area (Å²) in [6.07, 6.45) is 0. The van der Waals surface area contributed by atoms with E-state index in [0.29, 0.717) is 28.6 Å². The highest BCUT2D eigenvalue weighted by Crippen LogP contribution is 2.18. The highest BCUT2D eigenvalue weighted by molar-refractivity contribution is 7.89. The minimum atomic E-state index is -3.53. The van der Waals surface area contributed by atoms with Gasteiger partial charge in [0.05, 0.1) is 4.90 Å². The van der Waals surface area contributed by atoms with Crippen molar-refractivity contribution >= 4 is 44.6 Å². The van der Waals surface area contributed by atoms with E-state index < -0.39 is 10.0 Å². The molecule has 2 rings (SSSR count). The zero-order valence-electron chi connectivity index (χ0n) is 18.9. The Morgan fingerprint density at radius 3 is 2.19 bits per heavy atom. The first kappa shape index (κ1) is 25.7. The van der Waals surface area contributed by atoms with Crippen molar-refractivity contribution in [2.75, 3.05) is 50.9 Å². The maximum absolute atomic E-state index is 12.3. The van der Waals surface area contributed by atoms with Crippen LogP contribution in [0.2, 0.25) is 0 Å². The SMILES string of the molecule is CCN(CC)CCNC(=O)c1ccc(NC(=S)Nc2cccc(S(=O)(=O)N(C)C)c2)cc1. The number of hydrogen-bond donors (Lipinski definition) is 3. The van der Waals surface area contributed by atoms with Crippen LogP contribution in [0.5, 0.6) is 0 Å². The molecule has 0 atom stereocenters. The van der Waals surface area contributed by atoms with Gasteiger partial charge in [-0.1, -0.05) is 19.9 Å². The second-order valence-corrected chi connectivity index (χ2v) is 9.81. The van der Waals surface area contributed by atoms with Crippen LogP contribution in [0.15, 0.2) is 53.4 Å². The third-order valence-corrected chi connectivity index (χ3v) is 6.90. The highest BCUT2D eigenvalue weighted by Gasteiger charge is 2.17. The number of rotatable bonds is 10. The van der Waals surface area contributed by atoms with Crippen LogP contribution in [-0.2, 0) is 10.0 Å². The van der Waals surface area contributed by atoms with Crippen LogP contribution in [0.4, 0.5) is 11.4 Å². The molecule has 32 heavy (non-hydrogen) atoms. The molecule has 8 nitrogen and oxygen atoms in total. The van der Waals surface area contributed by atoms with Crippen LogP contribution in [0.3, 0.4) is 0 Å². The maximum Gasteiger partial charge on any atom is 0.251 e. The summed E-state index contributed by atoms with van der Waals surface area (Å²) >= 11 is 5.33. The Labute approximate surface area is 196 Å². The fraction of sp³-hybridized carbons (Fsp3) is 0.364. The van der Waals surface area contributed by atoms with Gasteiger partial charge >= 0.3 is 0 Å². The molecule has 0 aliphatic carbocycles. The number of carbonyl (C=O) groups excluding carboxylic acids is 1. The molecule has 0 spiro atoms. The zero-order chi connectivity index (χ0) is 23.7. The lowest BCUT2D eigenvalue weighted by Gasteiger charge is -2.18. The summed E-state index contributed by atoms with van der Waals surface area (Å²) in [6, 6.07) is 13.4. The summed E-state index contributed by atoms with van der Waals surface area (Å²) in [5.41, 5.74) is 1.82. The van der Waals surface area contributed by atoms with E-state index >= 15 is 0 Å². The summed E-state index contributed by atoms with van der Waals surface area (Å²) in [7, 11) is -0.567. The number of sulfonamides is 1. The molecule has 0 bridgehead atoms. The number of anilines is 2. The van der Waals surface area contributed by atoms with Crippen LogP contribution in [0, 0.1) is 0 Å². The molecule has 3 N–H and O–H groups in total. The molecule has 0 fully saturated rings. The van der Waals surface area contributed by atoms with Crippen molar-refractivity contribution in [2.45, 2.75) is 18.7 Å². The monoisotopic (exact) mass is 477 g/mol. The normalized spacial score (nSPS) is 11.4. The molecule has 0 aliphatic heterocycles. The molecule has 2 aromatic rings. The van der Waals surface area contributed by atoms with E-state index in [0.717, 1.165) is 23.9 Å². The van der Waals surface area contributed by atoms with Crippen LogP contribution in [-0.4, -0.2) is 68.9 Å². The lowest BCUT2D eigenvalue weighted by atomic mass is 10.2. The molecule has 174 valence electrons. The molecular weight excluding hydrogens is 446 g/mol. The smallest absolute Gasteiger partial charge is 0.251 e. The number of thiocarbonyl (C=S) groups is 1. The van der Waals surface area contributed by atoms with Gasteiger partial charge < -0.3 is 20.9 Å². The van der Waals surface area contributed by atoms with Gasteiger partial charge in [-0.15, -0.1) is 0 Å². The summed E-state index contributed by atoms with van der Waals surface area (Å²) in [5.74, 6) is -0.122. The third-order valence-electron chi connectivity index (χ3n) is 4.88. The lowest BCUT2D eigenvalue weighted by Crippen LogP contribution is -2.34. The minimum Gasteiger partial charge on any atom is -0.351 e. The number of likely N-dealkylation sites (N-methyl/N-ethyl adjacent to an activating group) is 1. The number of amides is 1. The van der Waals surface area contributed by atoms with Gasteiger partial charge in [0.25, 0.3) is 5.91 Å². The second-order valence-electron chi connectivity index (χ2n) is 7.25. The standard InChI is InChI=1S/C22H31N5O3S2/c1-5-27(6-2)15-14-23-21(28)17-10-12-18(13-11-17)24-22(31)25-19-8-7-9-20(16-19)32(29,30)26(3)4/h7-13,16H,5-6,14-15H2,1-4H3,(H,23,28)(H2,24,25,31). The van der Waals surface area contributed by atoms with Crippen molar-refractivity contribution in [2.24, 2.45) is 0 Å². The Bertz CT molecular complexity index is 1020. The van der Waals surface area contributed by atoms with Crippen molar-refractivity contribution in [1.82, 2.24) is 14.5 Å². The van der Waals surface area contributed by atoms with Gasteiger partial charge in [0.1, 0.15) is 0 Å². The molecule has 0 saturated heterocycles. The van der Waals surface area contributed by atoms with Gasteiger partial charge in [0.15, 0.2) is 5.11 Å². The van der Waals surface area contributed by atoms with Gasteiger partial charge in [-0.05, 0) is 67.8 Å². The largest absolute Gasteiger partial charge is 0.351 e. The van der Waals surface area contributed by atoms with E-state index in [1.54, 1.807) is 36.4 Å². The Morgan fingerprint density at radius 2 is 1.59 bits per heavy atom. The molecule has 10 heteroatoms. The van der Waals surface area contributed by atoms with Crippen molar-refractivity contribution in [1.29, 1.82) is 0 Å². The minimum absolute atomic E-state index is 0.122. The topological polar surface area (TPSA) is 93.8 Å². The first-order chi connectivity index (χ1) is 15.2. The van der Waals surface area contributed by atoms with Crippen LogP contribution in [0.1, 0.15) is 24.2 Å². The van der Waals surface area contributed by atoms with Gasteiger partial charge in [0, 0.05) is 44.1 Å². The van der Waals surface area contributed by atoms with Gasteiger partial charge in [-0.3, -0.25) is 4.79 Å². The average molecular weight is 478 g/mol. The summed E-state index contributed by atoms with van der Waals surface area (Å²) in [6.45, 7) is 7.51. The first-order valence-electron chi connectivity index (χ1n) is 10.4. The van der Waals surface area contributed by atoms with Crippen LogP contribution < -0.4 is 16.0 Å². The predicted molar refractivity (Wildman–Crippen MR) is 134 cm³/mol. The Kier molecular flexibility index (Phi) is 9.58. The Hall–Kier alpha value is -2.53. The zero-order valence-corrected chi connectivity index (χ0v) is 20.5. The van der Waals surface area contributed by atoms with E-state index in [2.05, 4.69) is 34.7 Å². The summed E-state index contributed by atoms with van der Waals surface area (Å²) in [4.78, 5) is 14.7. The number of nitrogens with one attached hydrogen (secondary N) is 3. The van der Waals surface area contributed by atoms with Gasteiger partial charge in [0.2, 0.25) is 10.0 Å². The van der Waals surface area contributed by atoms with Crippen molar-refractivity contribution < 1.29 is 13.2 Å². The molecule has 0 aromatic heterocycles. The van der Waals surface area contributed by atoms with E-state index in [9.17, 15) is 13.2 Å². The molecule has 0 heterocycles. The van der Waals surface area contributed by atoms with E-state index in [4.69, 9.17) is 12.2 Å². The fourth-order valence-electron chi connectivity index (χ4n) is 2.91. The molecule has 0 unspecified atom stereocenters. The van der Waals surface area contributed by atoms with Crippen molar-refractivity contribution in [3.8, 4) is 0 Å². The number of carbonyl (C=O) groups is 1. The van der Waals surface area contributed by atoms with Crippen molar-refractivity contribution in [3.05, 3.63) is 54.1 Å². The Balaban J connectivity index is 1.92. The van der Waals surface area contributed by atoms with E-state index in [1.165, 1.54) is 26.2 Å². The lowest BCUT2D eigenvalue weighted by molar-refractivity contribution is 0.0949. The molecular formula is C22H31N5O3S2.